The lowest BCUT2D eigenvalue weighted by Crippen LogP contribution is -2.25. The quantitative estimate of drug-likeness (QED) is 0.192. The van der Waals surface area contributed by atoms with Crippen LogP contribution in [-0.4, -0.2) is 58.6 Å². The Balaban J connectivity index is 1.36. The molecule has 2 aromatic heterocycles. The van der Waals surface area contributed by atoms with Gasteiger partial charge < -0.3 is 24.8 Å². The molecule has 43 heavy (non-hydrogen) atoms. The van der Waals surface area contributed by atoms with Crippen LogP contribution in [0.2, 0.25) is 0 Å². The number of carbonyl (C=O) groups is 2. The SMILES string of the molecule is COc1cc(C(=O)NCc2nnc(SCC(=O)Nc3nc4ccccc4s3)n2-c2cc(C)ccc2C)cc(OC)c1OC. The lowest BCUT2D eigenvalue weighted by Gasteiger charge is -2.15. The molecule has 5 aromatic rings. The molecule has 0 radical (unpaired) electrons. The molecule has 0 unspecified atom stereocenters. The first-order valence-electron chi connectivity index (χ1n) is 13.2. The number of aromatic nitrogens is 4. The molecule has 2 amide bonds. The van der Waals surface area contributed by atoms with Crippen molar-refractivity contribution in [1.82, 2.24) is 25.1 Å². The zero-order chi connectivity index (χ0) is 30.5. The zero-order valence-electron chi connectivity index (χ0n) is 24.3. The molecule has 2 N–H and O–H groups in total. The van der Waals surface area contributed by atoms with Crippen LogP contribution in [-0.2, 0) is 11.3 Å². The van der Waals surface area contributed by atoms with Crippen molar-refractivity contribution < 1.29 is 23.8 Å². The van der Waals surface area contributed by atoms with Crippen molar-refractivity contribution in [2.75, 3.05) is 32.4 Å². The number of carbonyl (C=O) groups excluding carboxylic acids is 2. The van der Waals surface area contributed by atoms with Gasteiger partial charge in [-0.2, -0.15) is 0 Å². The number of aryl methyl sites for hydroxylation is 2. The van der Waals surface area contributed by atoms with Gasteiger partial charge in [-0.1, -0.05) is 47.4 Å². The van der Waals surface area contributed by atoms with Crippen LogP contribution >= 0.6 is 23.1 Å². The maximum atomic E-state index is 13.2. The topological polar surface area (TPSA) is 129 Å². The van der Waals surface area contributed by atoms with Crippen LogP contribution in [0.4, 0.5) is 5.13 Å². The van der Waals surface area contributed by atoms with E-state index in [2.05, 4.69) is 25.8 Å². The van der Waals surface area contributed by atoms with Gasteiger partial charge in [-0.05, 0) is 55.3 Å². The fourth-order valence-corrected chi connectivity index (χ4v) is 6.04. The third-order valence-corrected chi connectivity index (χ3v) is 8.39. The highest BCUT2D eigenvalue weighted by molar-refractivity contribution is 7.99. The third kappa shape index (κ3) is 6.57. The fraction of sp³-hybridized carbons (Fsp3) is 0.233. The van der Waals surface area contributed by atoms with E-state index in [1.54, 1.807) is 12.1 Å². The van der Waals surface area contributed by atoms with Gasteiger partial charge in [0.2, 0.25) is 11.7 Å². The first kappa shape index (κ1) is 29.9. The molecule has 0 aliphatic heterocycles. The molecule has 13 heteroatoms. The van der Waals surface area contributed by atoms with Crippen molar-refractivity contribution in [2.24, 2.45) is 0 Å². The van der Waals surface area contributed by atoms with Gasteiger partial charge in [-0.15, -0.1) is 10.2 Å². The summed E-state index contributed by atoms with van der Waals surface area (Å²) in [6.07, 6.45) is 0. The molecular weight excluding hydrogens is 589 g/mol. The maximum Gasteiger partial charge on any atom is 0.251 e. The van der Waals surface area contributed by atoms with Gasteiger partial charge in [0.15, 0.2) is 27.6 Å². The van der Waals surface area contributed by atoms with Crippen LogP contribution in [0, 0.1) is 13.8 Å². The smallest absolute Gasteiger partial charge is 0.251 e. The number of hydrogen-bond donors (Lipinski definition) is 2. The van der Waals surface area contributed by atoms with E-state index >= 15 is 0 Å². The molecule has 11 nitrogen and oxygen atoms in total. The van der Waals surface area contributed by atoms with Gasteiger partial charge in [-0.25, -0.2) is 4.98 Å². The van der Waals surface area contributed by atoms with Crippen LogP contribution in [0.3, 0.4) is 0 Å². The first-order chi connectivity index (χ1) is 20.8. The Morgan fingerprint density at radius 1 is 0.953 bits per heavy atom. The van der Waals surface area contributed by atoms with E-state index in [0.717, 1.165) is 27.0 Å². The largest absolute Gasteiger partial charge is 0.493 e. The van der Waals surface area contributed by atoms with E-state index in [4.69, 9.17) is 14.2 Å². The molecule has 3 aromatic carbocycles. The normalized spacial score (nSPS) is 10.9. The summed E-state index contributed by atoms with van der Waals surface area (Å²) in [7, 11) is 4.48. The molecule has 0 aliphatic carbocycles. The highest BCUT2D eigenvalue weighted by atomic mass is 32.2. The Labute approximate surface area is 256 Å². The zero-order valence-corrected chi connectivity index (χ0v) is 25.9. The lowest BCUT2D eigenvalue weighted by atomic mass is 10.1. The number of thioether (sulfide) groups is 1. The minimum Gasteiger partial charge on any atom is -0.493 e. The van der Waals surface area contributed by atoms with Gasteiger partial charge in [0, 0.05) is 5.56 Å². The third-order valence-electron chi connectivity index (χ3n) is 6.51. The summed E-state index contributed by atoms with van der Waals surface area (Å²) in [4.78, 5) is 30.5. The molecule has 0 fully saturated rings. The highest BCUT2D eigenvalue weighted by Crippen LogP contribution is 2.38. The summed E-state index contributed by atoms with van der Waals surface area (Å²) in [5, 5.41) is 15.6. The van der Waals surface area contributed by atoms with Crippen LogP contribution in [0.5, 0.6) is 17.2 Å². The average molecular weight is 619 g/mol. The summed E-state index contributed by atoms with van der Waals surface area (Å²) in [6.45, 7) is 4.06. The van der Waals surface area contributed by atoms with Crippen molar-refractivity contribution in [3.8, 4) is 22.9 Å². The van der Waals surface area contributed by atoms with E-state index < -0.39 is 0 Å². The van der Waals surface area contributed by atoms with Crippen LogP contribution in [0.25, 0.3) is 15.9 Å². The number of methoxy groups -OCH3 is 3. The molecule has 0 saturated carbocycles. The van der Waals surface area contributed by atoms with E-state index in [9.17, 15) is 9.59 Å². The number of anilines is 1. The second-order valence-corrected chi connectivity index (χ2v) is 11.4. The van der Waals surface area contributed by atoms with E-state index in [1.807, 2.05) is 60.9 Å². The number of amides is 2. The Kier molecular flexibility index (Phi) is 9.12. The van der Waals surface area contributed by atoms with Gasteiger partial charge in [-0.3, -0.25) is 14.2 Å². The number of thiazole rings is 1. The summed E-state index contributed by atoms with van der Waals surface area (Å²) >= 11 is 2.67. The summed E-state index contributed by atoms with van der Waals surface area (Å²) < 4.78 is 19.0. The summed E-state index contributed by atoms with van der Waals surface area (Å²) in [5.41, 5.74) is 4.06. The molecule has 222 valence electrons. The predicted molar refractivity (Wildman–Crippen MR) is 167 cm³/mol. The second-order valence-electron chi connectivity index (χ2n) is 9.44. The Bertz CT molecular complexity index is 1740. The maximum absolute atomic E-state index is 13.2. The molecule has 0 atom stereocenters. The van der Waals surface area contributed by atoms with Crippen molar-refractivity contribution >= 4 is 50.3 Å². The van der Waals surface area contributed by atoms with E-state index in [-0.39, 0.29) is 24.1 Å². The molecular formula is C30H30N6O5S2. The standard InChI is InChI=1S/C30H30N6O5S2/c1-17-10-11-18(2)21(12-17)36-25(15-31-28(38)19-13-22(39-3)27(41-5)23(14-19)40-4)34-35-30(36)42-16-26(37)33-29-32-20-8-6-7-9-24(20)43-29/h6-14H,15-16H2,1-5H3,(H,31,38)(H,32,33,37). The van der Waals surface area contributed by atoms with E-state index in [0.29, 0.717) is 38.9 Å². The van der Waals surface area contributed by atoms with E-state index in [1.165, 1.54) is 44.4 Å². The molecule has 0 spiro atoms. The number of para-hydroxylation sites is 1. The average Bonchev–Trinajstić information content (AvgIpc) is 3.62. The number of nitrogens with zero attached hydrogens (tertiary/aromatic N) is 4. The molecule has 0 aliphatic rings. The van der Waals surface area contributed by atoms with Gasteiger partial charge in [0.1, 0.15) is 0 Å². The molecule has 2 heterocycles. The monoisotopic (exact) mass is 618 g/mol. The highest BCUT2D eigenvalue weighted by Gasteiger charge is 2.21. The number of ether oxygens (including phenoxy) is 3. The van der Waals surface area contributed by atoms with Gasteiger partial charge >= 0.3 is 0 Å². The predicted octanol–water partition coefficient (Wildman–Crippen LogP) is 5.18. The Morgan fingerprint density at radius 2 is 1.70 bits per heavy atom. The molecule has 0 bridgehead atoms. The van der Waals surface area contributed by atoms with Crippen LogP contribution in [0.1, 0.15) is 27.3 Å². The van der Waals surface area contributed by atoms with Crippen LogP contribution in [0.15, 0.2) is 59.8 Å². The molecule has 0 saturated heterocycles. The van der Waals surface area contributed by atoms with Gasteiger partial charge in [0.05, 0.1) is 49.5 Å². The van der Waals surface area contributed by atoms with Crippen molar-refractivity contribution in [3.05, 3.63) is 77.1 Å². The number of rotatable bonds is 11. The number of nitrogens with one attached hydrogen (secondary N) is 2. The van der Waals surface area contributed by atoms with Crippen molar-refractivity contribution in [3.63, 3.8) is 0 Å². The van der Waals surface area contributed by atoms with Crippen molar-refractivity contribution in [2.45, 2.75) is 25.5 Å². The summed E-state index contributed by atoms with van der Waals surface area (Å²) in [6, 6.07) is 16.9. The second kappa shape index (κ2) is 13.1. The number of benzene rings is 3. The fourth-order valence-electron chi connectivity index (χ4n) is 4.40. The van der Waals surface area contributed by atoms with Gasteiger partial charge in [0.25, 0.3) is 5.91 Å². The van der Waals surface area contributed by atoms with Crippen molar-refractivity contribution in [1.29, 1.82) is 0 Å². The Hall–Kier alpha value is -4.62. The minimum absolute atomic E-state index is 0.0777. The lowest BCUT2D eigenvalue weighted by molar-refractivity contribution is -0.113. The minimum atomic E-state index is -0.362. The number of fused-ring (bicyclic) bond motifs is 1. The number of hydrogen-bond acceptors (Lipinski definition) is 10. The Morgan fingerprint density at radius 3 is 2.40 bits per heavy atom. The molecule has 5 rings (SSSR count). The first-order valence-corrected chi connectivity index (χ1v) is 15.0. The van der Waals surface area contributed by atoms with Crippen LogP contribution < -0.4 is 24.8 Å². The summed E-state index contributed by atoms with van der Waals surface area (Å²) in [5.74, 6) is 1.16.